The summed E-state index contributed by atoms with van der Waals surface area (Å²) in [5.41, 5.74) is 1.80. The number of amides is 1. The fourth-order valence-electron chi connectivity index (χ4n) is 2.97. The summed E-state index contributed by atoms with van der Waals surface area (Å²) >= 11 is 0. The molecular weight excluding hydrogens is 340 g/mol. The van der Waals surface area contributed by atoms with Gasteiger partial charge in [0.1, 0.15) is 11.5 Å². The monoisotopic (exact) mass is 364 g/mol. The highest BCUT2D eigenvalue weighted by Gasteiger charge is 2.17. The van der Waals surface area contributed by atoms with E-state index in [0.717, 1.165) is 22.7 Å². The van der Waals surface area contributed by atoms with Gasteiger partial charge in [0, 0.05) is 18.1 Å². The summed E-state index contributed by atoms with van der Waals surface area (Å²) in [5, 5.41) is 2.96. The summed E-state index contributed by atoms with van der Waals surface area (Å²) in [4.78, 5) is 12.6. The summed E-state index contributed by atoms with van der Waals surface area (Å²) in [7, 11) is 1.64. The van der Waals surface area contributed by atoms with Gasteiger partial charge in [-0.3, -0.25) is 4.79 Å². The highest BCUT2D eigenvalue weighted by Crippen LogP contribution is 2.25. The van der Waals surface area contributed by atoms with Crippen LogP contribution in [0.3, 0.4) is 0 Å². The van der Waals surface area contributed by atoms with Crippen LogP contribution in [0.1, 0.15) is 24.9 Å². The van der Waals surface area contributed by atoms with Crippen molar-refractivity contribution in [2.45, 2.75) is 19.4 Å². The van der Waals surface area contributed by atoms with E-state index in [-0.39, 0.29) is 11.9 Å². The summed E-state index contributed by atoms with van der Waals surface area (Å²) in [6.45, 7) is 2.56. The normalized spacial score (nSPS) is 11.6. The standard InChI is InChI=1S/C22H24N2O3/c1-3-27-20-12-8-18(9-13-20)23-22(25)16-21(24-14-4-5-15-24)17-6-10-19(26-2)11-7-17/h4-15,21H,3,16H2,1-2H3,(H,23,25). The first-order chi connectivity index (χ1) is 13.2. The van der Waals surface area contributed by atoms with E-state index >= 15 is 0 Å². The molecule has 1 unspecified atom stereocenters. The average molecular weight is 364 g/mol. The van der Waals surface area contributed by atoms with Gasteiger partial charge in [0.25, 0.3) is 0 Å². The van der Waals surface area contributed by atoms with Crippen LogP contribution in [0.4, 0.5) is 5.69 Å². The molecule has 0 spiro atoms. The number of benzene rings is 2. The van der Waals surface area contributed by atoms with Crippen molar-refractivity contribution < 1.29 is 14.3 Å². The molecular formula is C22H24N2O3. The summed E-state index contributed by atoms with van der Waals surface area (Å²) in [5.74, 6) is 1.54. The Hall–Kier alpha value is -3.21. The maximum atomic E-state index is 12.6. The quantitative estimate of drug-likeness (QED) is 0.640. The number of nitrogens with one attached hydrogen (secondary N) is 1. The second-order valence-electron chi connectivity index (χ2n) is 6.13. The van der Waals surface area contributed by atoms with E-state index in [0.29, 0.717) is 13.0 Å². The molecule has 1 aromatic heterocycles. The smallest absolute Gasteiger partial charge is 0.226 e. The van der Waals surface area contributed by atoms with Gasteiger partial charge in [0.05, 0.1) is 26.2 Å². The molecule has 3 rings (SSSR count). The Morgan fingerprint density at radius 2 is 1.63 bits per heavy atom. The zero-order chi connectivity index (χ0) is 19.1. The molecule has 1 heterocycles. The number of carbonyl (C=O) groups excluding carboxylic acids is 1. The van der Waals surface area contributed by atoms with Crippen LogP contribution in [-0.2, 0) is 4.79 Å². The van der Waals surface area contributed by atoms with Gasteiger partial charge in [-0.05, 0) is 61.0 Å². The van der Waals surface area contributed by atoms with Crippen LogP contribution in [0.25, 0.3) is 0 Å². The Morgan fingerprint density at radius 1 is 1.00 bits per heavy atom. The Morgan fingerprint density at radius 3 is 2.22 bits per heavy atom. The molecule has 0 aliphatic heterocycles. The Kier molecular flexibility index (Phi) is 6.15. The number of rotatable bonds is 8. The second-order valence-corrected chi connectivity index (χ2v) is 6.13. The first-order valence-electron chi connectivity index (χ1n) is 8.98. The van der Waals surface area contributed by atoms with Crippen LogP contribution in [0.5, 0.6) is 11.5 Å². The molecule has 0 saturated heterocycles. The average Bonchev–Trinajstić information content (AvgIpc) is 3.22. The van der Waals surface area contributed by atoms with E-state index in [1.54, 1.807) is 7.11 Å². The fourth-order valence-corrected chi connectivity index (χ4v) is 2.97. The van der Waals surface area contributed by atoms with Gasteiger partial charge in [0.2, 0.25) is 5.91 Å². The molecule has 140 valence electrons. The number of aromatic nitrogens is 1. The van der Waals surface area contributed by atoms with Crippen LogP contribution in [-0.4, -0.2) is 24.2 Å². The third-order valence-corrected chi connectivity index (χ3v) is 4.32. The molecule has 0 saturated carbocycles. The summed E-state index contributed by atoms with van der Waals surface area (Å²) in [6.07, 6.45) is 4.27. The van der Waals surface area contributed by atoms with Crippen molar-refractivity contribution in [3.63, 3.8) is 0 Å². The van der Waals surface area contributed by atoms with E-state index in [4.69, 9.17) is 9.47 Å². The van der Waals surface area contributed by atoms with Crippen LogP contribution in [0.2, 0.25) is 0 Å². The maximum Gasteiger partial charge on any atom is 0.226 e. The number of carbonyl (C=O) groups is 1. The molecule has 0 radical (unpaired) electrons. The lowest BCUT2D eigenvalue weighted by Gasteiger charge is -2.20. The topological polar surface area (TPSA) is 52.5 Å². The number of anilines is 1. The van der Waals surface area contributed by atoms with E-state index in [1.165, 1.54) is 0 Å². The molecule has 1 amide bonds. The van der Waals surface area contributed by atoms with Crippen LogP contribution < -0.4 is 14.8 Å². The Balaban J connectivity index is 1.72. The third kappa shape index (κ3) is 4.91. The first-order valence-corrected chi connectivity index (χ1v) is 8.98. The van der Waals surface area contributed by atoms with Gasteiger partial charge in [-0.1, -0.05) is 12.1 Å². The predicted molar refractivity (Wildman–Crippen MR) is 106 cm³/mol. The number of methoxy groups -OCH3 is 1. The van der Waals surface area contributed by atoms with Crippen molar-refractivity contribution in [3.05, 3.63) is 78.6 Å². The zero-order valence-electron chi connectivity index (χ0n) is 15.6. The van der Waals surface area contributed by atoms with Gasteiger partial charge in [0.15, 0.2) is 0 Å². The molecule has 2 aromatic carbocycles. The highest BCUT2D eigenvalue weighted by molar-refractivity contribution is 5.91. The number of ether oxygens (including phenoxy) is 2. The minimum Gasteiger partial charge on any atom is -0.497 e. The van der Waals surface area contributed by atoms with Crippen LogP contribution in [0, 0.1) is 0 Å². The van der Waals surface area contributed by atoms with Gasteiger partial charge in [-0.25, -0.2) is 0 Å². The number of nitrogens with zero attached hydrogens (tertiary/aromatic N) is 1. The molecule has 27 heavy (non-hydrogen) atoms. The van der Waals surface area contributed by atoms with Crippen LogP contribution in [0.15, 0.2) is 73.1 Å². The van der Waals surface area contributed by atoms with E-state index in [1.807, 2.05) is 84.5 Å². The first kappa shape index (κ1) is 18.6. The van der Waals surface area contributed by atoms with Crippen molar-refractivity contribution >= 4 is 11.6 Å². The molecule has 1 atom stereocenters. The number of hydrogen-bond donors (Lipinski definition) is 1. The Labute approximate surface area is 159 Å². The molecule has 0 bridgehead atoms. The van der Waals surface area contributed by atoms with Crippen molar-refractivity contribution in [3.8, 4) is 11.5 Å². The molecule has 1 N–H and O–H groups in total. The van der Waals surface area contributed by atoms with Crippen molar-refractivity contribution in [1.29, 1.82) is 0 Å². The van der Waals surface area contributed by atoms with Crippen LogP contribution >= 0.6 is 0 Å². The summed E-state index contributed by atoms with van der Waals surface area (Å²) < 4.78 is 12.7. The maximum absolute atomic E-state index is 12.6. The molecule has 3 aromatic rings. The molecule has 0 aliphatic carbocycles. The lowest BCUT2D eigenvalue weighted by Crippen LogP contribution is -2.19. The van der Waals surface area contributed by atoms with Crippen molar-refractivity contribution in [2.24, 2.45) is 0 Å². The molecule has 5 nitrogen and oxygen atoms in total. The zero-order valence-corrected chi connectivity index (χ0v) is 15.6. The largest absolute Gasteiger partial charge is 0.497 e. The Bertz CT molecular complexity index is 840. The van der Waals surface area contributed by atoms with Crippen molar-refractivity contribution in [2.75, 3.05) is 19.0 Å². The van der Waals surface area contributed by atoms with Gasteiger partial charge in [-0.15, -0.1) is 0 Å². The summed E-state index contributed by atoms with van der Waals surface area (Å²) in [6, 6.07) is 19.0. The van der Waals surface area contributed by atoms with E-state index in [2.05, 4.69) is 5.32 Å². The number of hydrogen-bond acceptors (Lipinski definition) is 3. The minimum absolute atomic E-state index is 0.0475. The predicted octanol–water partition coefficient (Wildman–Crippen LogP) is 4.51. The molecule has 5 heteroatoms. The SMILES string of the molecule is CCOc1ccc(NC(=O)CC(c2ccc(OC)cc2)n2cccc2)cc1. The fraction of sp³-hybridized carbons (Fsp3) is 0.227. The van der Waals surface area contributed by atoms with Gasteiger partial charge < -0.3 is 19.4 Å². The minimum atomic E-state index is -0.0893. The van der Waals surface area contributed by atoms with Gasteiger partial charge in [-0.2, -0.15) is 0 Å². The lowest BCUT2D eigenvalue weighted by molar-refractivity contribution is -0.116. The van der Waals surface area contributed by atoms with E-state index in [9.17, 15) is 4.79 Å². The second kappa shape index (κ2) is 8.94. The highest BCUT2D eigenvalue weighted by atomic mass is 16.5. The van der Waals surface area contributed by atoms with Gasteiger partial charge >= 0.3 is 0 Å². The van der Waals surface area contributed by atoms with Crippen molar-refractivity contribution in [1.82, 2.24) is 4.57 Å². The third-order valence-electron chi connectivity index (χ3n) is 4.32. The van der Waals surface area contributed by atoms with E-state index < -0.39 is 0 Å². The lowest BCUT2D eigenvalue weighted by atomic mass is 10.0. The molecule has 0 fully saturated rings. The molecule has 0 aliphatic rings.